The van der Waals surface area contributed by atoms with E-state index in [1.807, 2.05) is 10.7 Å². The molecule has 9 heteroatoms. The van der Waals surface area contributed by atoms with E-state index in [4.69, 9.17) is 0 Å². The predicted molar refractivity (Wildman–Crippen MR) is 97.3 cm³/mol. The first-order valence-corrected chi connectivity index (χ1v) is 9.80. The molecule has 0 unspecified atom stereocenters. The number of aromatic amines is 1. The summed E-state index contributed by atoms with van der Waals surface area (Å²) in [6.45, 7) is 4.29. The highest BCUT2D eigenvalue weighted by Crippen LogP contribution is 2.19. The summed E-state index contributed by atoms with van der Waals surface area (Å²) in [5, 5.41) is 8.39. The molecular formula is C17H19N5O3S. The average Bonchev–Trinajstić information content (AvgIpc) is 3.03. The van der Waals surface area contributed by atoms with Gasteiger partial charge in [0.05, 0.1) is 29.4 Å². The summed E-state index contributed by atoms with van der Waals surface area (Å²) in [6, 6.07) is 8.03. The molecule has 0 fully saturated rings. The Bertz CT molecular complexity index is 1120. The smallest absolute Gasteiger partial charge is 0.248 e. The summed E-state index contributed by atoms with van der Waals surface area (Å²) in [5.74, 6) is 0. The minimum absolute atomic E-state index is 0.130. The fourth-order valence-electron chi connectivity index (χ4n) is 3.16. The Labute approximate surface area is 150 Å². The van der Waals surface area contributed by atoms with Crippen LogP contribution in [0.1, 0.15) is 17.0 Å². The van der Waals surface area contributed by atoms with Crippen molar-refractivity contribution in [3.05, 3.63) is 57.6 Å². The third kappa shape index (κ3) is 3.16. The predicted octanol–water partition coefficient (Wildman–Crippen LogP) is 0.615. The molecule has 0 amide bonds. The molecule has 3 heterocycles. The van der Waals surface area contributed by atoms with Gasteiger partial charge in [-0.2, -0.15) is 5.10 Å². The molecule has 26 heavy (non-hydrogen) atoms. The normalized spacial score (nSPS) is 14.5. The van der Waals surface area contributed by atoms with Crippen molar-refractivity contribution < 1.29 is 8.42 Å². The zero-order chi connectivity index (χ0) is 18.3. The van der Waals surface area contributed by atoms with Gasteiger partial charge >= 0.3 is 0 Å². The van der Waals surface area contributed by atoms with Gasteiger partial charge in [-0.1, -0.05) is 0 Å². The number of rotatable bonds is 4. The number of H-pyrrole nitrogens is 1. The van der Waals surface area contributed by atoms with E-state index in [-0.39, 0.29) is 17.0 Å². The molecule has 0 saturated carbocycles. The Morgan fingerprint density at radius 3 is 2.92 bits per heavy atom. The number of nitrogens with one attached hydrogen (secondary N) is 3. The lowest BCUT2D eigenvalue weighted by Crippen LogP contribution is -2.28. The van der Waals surface area contributed by atoms with Gasteiger partial charge < -0.3 is 10.3 Å². The number of aryl methyl sites for hydroxylation is 1. The summed E-state index contributed by atoms with van der Waals surface area (Å²) >= 11 is 0. The van der Waals surface area contributed by atoms with Crippen molar-refractivity contribution >= 4 is 20.9 Å². The number of pyridine rings is 1. The standard InChI is InChI=1S/C17H19N5O3S/c1-11-6-17(23)20-16-3-2-14(8-15(11)16)26(24,25)19-9-12-7-13-10-18-4-5-22(13)21-12/h2-3,6-8,18-19H,4-5,9-10H2,1H3,(H,20,23). The summed E-state index contributed by atoms with van der Waals surface area (Å²) < 4.78 is 29.8. The molecule has 0 spiro atoms. The number of hydrogen-bond acceptors (Lipinski definition) is 5. The Hall–Kier alpha value is -2.49. The van der Waals surface area contributed by atoms with Crippen LogP contribution in [-0.2, 0) is 29.7 Å². The zero-order valence-corrected chi connectivity index (χ0v) is 15.1. The fourth-order valence-corrected chi connectivity index (χ4v) is 4.18. The lowest BCUT2D eigenvalue weighted by atomic mass is 10.1. The molecule has 8 nitrogen and oxygen atoms in total. The largest absolute Gasteiger partial charge is 0.322 e. The highest BCUT2D eigenvalue weighted by molar-refractivity contribution is 7.89. The van der Waals surface area contributed by atoms with E-state index in [1.54, 1.807) is 19.1 Å². The van der Waals surface area contributed by atoms with Gasteiger partial charge in [-0.05, 0) is 36.8 Å². The van der Waals surface area contributed by atoms with E-state index in [1.165, 1.54) is 12.1 Å². The van der Waals surface area contributed by atoms with Gasteiger partial charge in [-0.15, -0.1) is 0 Å². The fraction of sp³-hybridized carbons (Fsp3) is 0.294. The third-order valence-corrected chi connectivity index (χ3v) is 5.89. The molecule has 0 radical (unpaired) electrons. The van der Waals surface area contributed by atoms with E-state index in [9.17, 15) is 13.2 Å². The van der Waals surface area contributed by atoms with Gasteiger partial charge in [0.2, 0.25) is 15.6 Å². The van der Waals surface area contributed by atoms with Crippen LogP contribution in [0.5, 0.6) is 0 Å². The van der Waals surface area contributed by atoms with Crippen LogP contribution in [-0.4, -0.2) is 29.7 Å². The van der Waals surface area contributed by atoms with Gasteiger partial charge in [-0.3, -0.25) is 9.48 Å². The molecular weight excluding hydrogens is 354 g/mol. The maximum atomic E-state index is 12.6. The Kier molecular flexibility index (Phi) is 4.14. The van der Waals surface area contributed by atoms with Crippen LogP contribution >= 0.6 is 0 Å². The first-order valence-electron chi connectivity index (χ1n) is 8.32. The molecule has 1 aromatic carbocycles. The number of aromatic nitrogens is 3. The van der Waals surface area contributed by atoms with Crippen molar-refractivity contribution in [1.29, 1.82) is 0 Å². The van der Waals surface area contributed by atoms with Crippen molar-refractivity contribution in [2.45, 2.75) is 31.5 Å². The van der Waals surface area contributed by atoms with Crippen LogP contribution < -0.4 is 15.6 Å². The topological polar surface area (TPSA) is 109 Å². The number of hydrogen-bond donors (Lipinski definition) is 3. The molecule has 0 atom stereocenters. The highest BCUT2D eigenvalue weighted by atomic mass is 32.2. The van der Waals surface area contributed by atoms with Crippen LogP contribution in [0.4, 0.5) is 0 Å². The Morgan fingerprint density at radius 1 is 1.27 bits per heavy atom. The molecule has 0 aliphatic carbocycles. The second-order valence-electron chi connectivity index (χ2n) is 6.38. The number of nitrogens with zero attached hydrogens (tertiary/aromatic N) is 2. The number of fused-ring (bicyclic) bond motifs is 2. The van der Waals surface area contributed by atoms with E-state index in [2.05, 4.69) is 20.1 Å². The van der Waals surface area contributed by atoms with Crippen LogP contribution in [0.3, 0.4) is 0 Å². The van der Waals surface area contributed by atoms with E-state index in [0.717, 1.165) is 30.9 Å². The van der Waals surface area contributed by atoms with E-state index in [0.29, 0.717) is 16.6 Å². The first kappa shape index (κ1) is 17.0. The minimum Gasteiger partial charge on any atom is -0.322 e. The Balaban J connectivity index is 1.59. The van der Waals surface area contributed by atoms with Crippen molar-refractivity contribution in [3.63, 3.8) is 0 Å². The van der Waals surface area contributed by atoms with E-state index >= 15 is 0 Å². The second kappa shape index (κ2) is 6.35. The lowest BCUT2D eigenvalue weighted by molar-refractivity contribution is 0.473. The molecule has 1 aliphatic rings. The maximum Gasteiger partial charge on any atom is 0.248 e. The summed E-state index contributed by atoms with van der Waals surface area (Å²) in [7, 11) is -3.69. The quantitative estimate of drug-likeness (QED) is 0.621. The third-order valence-electron chi connectivity index (χ3n) is 4.50. The van der Waals surface area contributed by atoms with Crippen LogP contribution in [0, 0.1) is 6.92 Å². The van der Waals surface area contributed by atoms with Crippen molar-refractivity contribution in [1.82, 2.24) is 24.8 Å². The average molecular weight is 373 g/mol. The summed E-state index contributed by atoms with van der Waals surface area (Å²) in [4.78, 5) is 14.4. The van der Waals surface area contributed by atoms with E-state index < -0.39 is 10.0 Å². The summed E-state index contributed by atoms with van der Waals surface area (Å²) in [6.07, 6.45) is 0. The molecule has 136 valence electrons. The number of sulfonamides is 1. The van der Waals surface area contributed by atoms with Crippen LogP contribution in [0.2, 0.25) is 0 Å². The number of benzene rings is 1. The van der Waals surface area contributed by atoms with Gasteiger partial charge in [0.25, 0.3) is 0 Å². The van der Waals surface area contributed by atoms with Gasteiger partial charge in [0, 0.05) is 30.1 Å². The Morgan fingerprint density at radius 2 is 2.12 bits per heavy atom. The molecule has 4 rings (SSSR count). The minimum atomic E-state index is -3.69. The van der Waals surface area contributed by atoms with Gasteiger partial charge in [0.15, 0.2) is 0 Å². The summed E-state index contributed by atoms with van der Waals surface area (Å²) in [5.41, 5.74) is 2.88. The maximum absolute atomic E-state index is 12.6. The second-order valence-corrected chi connectivity index (χ2v) is 8.14. The molecule has 3 aromatic rings. The molecule has 1 aliphatic heterocycles. The van der Waals surface area contributed by atoms with Crippen molar-refractivity contribution in [3.8, 4) is 0 Å². The molecule has 0 bridgehead atoms. The SMILES string of the molecule is Cc1cc(=O)[nH]c2ccc(S(=O)(=O)NCc3cc4n(n3)CCNC4)cc12. The molecule has 0 saturated heterocycles. The van der Waals surface area contributed by atoms with Crippen molar-refractivity contribution in [2.75, 3.05) is 6.54 Å². The van der Waals surface area contributed by atoms with Crippen LogP contribution in [0.15, 0.2) is 40.0 Å². The highest BCUT2D eigenvalue weighted by Gasteiger charge is 2.17. The molecule has 2 aromatic heterocycles. The first-order chi connectivity index (χ1) is 12.4. The van der Waals surface area contributed by atoms with Crippen molar-refractivity contribution in [2.24, 2.45) is 0 Å². The van der Waals surface area contributed by atoms with Gasteiger partial charge in [0.1, 0.15) is 0 Å². The molecule has 3 N–H and O–H groups in total. The zero-order valence-electron chi connectivity index (χ0n) is 14.2. The van der Waals surface area contributed by atoms with Crippen LogP contribution in [0.25, 0.3) is 10.9 Å². The monoisotopic (exact) mass is 373 g/mol. The lowest BCUT2D eigenvalue weighted by Gasteiger charge is -2.13. The van der Waals surface area contributed by atoms with Gasteiger partial charge in [-0.25, -0.2) is 13.1 Å².